The third-order valence-corrected chi connectivity index (χ3v) is 3.90. The Balaban J connectivity index is 2.22. The van der Waals surface area contributed by atoms with E-state index >= 15 is 0 Å². The van der Waals surface area contributed by atoms with Gasteiger partial charge in [0.15, 0.2) is 0 Å². The minimum absolute atomic E-state index is 0.0200. The van der Waals surface area contributed by atoms with Crippen molar-refractivity contribution in [3.05, 3.63) is 29.3 Å². The molecule has 0 radical (unpaired) electrons. The lowest BCUT2D eigenvalue weighted by Gasteiger charge is -2.42. The molecule has 0 spiro atoms. The quantitative estimate of drug-likeness (QED) is 0.758. The van der Waals surface area contributed by atoms with E-state index in [0.29, 0.717) is 0 Å². The number of piperidine rings is 1. The van der Waals surface area contributed by atoms with Crippen LogP contribution in [0.5, 0.6) is 0 Å². The normalized spacial score (nSPS) is 23.2. The Kier molecular flexibility index (Phi) is 3.31. The number of rotatable bonds is 1. The molecule has 3 heteroatoms. The molecule has 90 valence electrons. The van der Waals surface area contributed by atoms with Crippen LogP contribution in [0.25, 0.3) is 0 Å². The third kappa shape index (κ3) is 2.40. The second-order valence-corrected chi connectivity index (χ2v) is 5.74. The fourth-order valence-corrected chi connectivity index (χ4v) is 2.77. The highest BCUT2D eigenvalue weighted by Gasteiger charge is 2.36. The van der Waals surface area contributed by atoms with Gasteiger partial charge in [-0.2, -0.15) is 5.26 Å². The summed E-state index contributed by atoms with van der Waals surface area (Å²) >= 11 is 6.21. The summed E-state index contributed by atoms with van der Waals surface area (Å²) < 4.78 is 0. The van der Waals surface area contributed by atoms with Crippen LogP contribution in [-0.4, -0.2) is 13.1 Å². The second kappa shape index (κ2) is 4.58. The first-order valence-corrected chi connectivity index (χ1v) is 6.31. The molecule has 0 N–H and O–H groups in total. The van der Waals surface area contributed by atoms with E-state index in [1.165, 1.54) is 0 Å². The Morgan fingerprint density at radius 2 is 2.12 bits per heavy atom. The maximum absolute atomic E-state index is 9.14. The molecule has 0 aromatic heterocycles. The van der Waals surface area contributed by atoms with E-state index in [0.717, 1.165) is 30.2 Å². The van der Waals surface area contributed by atoms with Crippen molar-refractivity contribution in [3.8, 4) is 6.07 Å². The monoisotopic (exact) mass is 248 g/mol. The molecule has 1 heterocycles. The highest BCUT2D eigenvalue weighted by atomic mass is 35.5. The van der Waals surface area contributed by atoms with Crippen LogP contribution in [0.2, 0.25) is 5.02 Å². The number of halogens is 1. The maximum atomic E-state index is 9.14. The van der Waals surface area contributed by atoms with E-state index < -0.39 is 0 Å². The largest absolute Gasteiger partial charge is 0.370 e. The van der Waals surface area contributed by atoms with Crippen LogP contribution in [0.15, 0.2) is 24.3 Å². The van der Waals surface area contributed by atoms with E-state index in [-0.39, 0.29) is 11.3 Å². The van der Waals surface area contributed by atoms with Crippen molar-refractivity contribution in [1.29, 1.82) is 5.26 Å². The molecule has 1 atom stereocenters. The minimum Gasteiger partial charge on any atom is -0.370 e. The minimum atomic E-state index is 0.0200. The second-order valence-electron chi connectivity index (χ2n) is 5.33. The summed E-state index contributed by atoms with van der Waals surface area (Å²) in [6.07, 6.45) is 0.911. The van der Waals surface area contributed by atoms with Crippen molar-refractivity contribution in [2.75, 3.05) is 18.0 Å². The Hall–Kier alpha value is -1.20. The lowest BCUT2D eigenvalue weighted by molar-refractivity contribution is 0.226. The number of nitrogens with zero attached hydrogens (tertiary/aromatic N) is 2. The Morgan fingerprint density at radius 3 is 2.71 bits per heavy atom. The smallest absolute Gasteiger partial charge is 0.0662 e. The lowest BCUT2D eigenvalue weighted by Crippen LogP contribution is -2.45. The van der Waals surface area contributed by atoms with Gasteiger partial charge in [0.1, 0.15) is 0 Å². The van der Waals surface area contributed by atoms with Gasteiger partial charge in [0, 0.05) is 13.1 Å². The molecule has 2 rings (SSSR count). The summed E-state index contributed by atoms with van der Waals surface area (Å²) in [5.74, 6) is 0.140. The maximum Gasteiger partial charge on any atom is 0.0662 e. The zero-order chi connectivity index (χ0) is 12.5. The topological polar surface area (TPSA) is 27.0 Å². The first-order chi connectivity index (χ1) is 8.04. The molecule has 17 heavy (non-hydrogen) atoms. The molecular weight excluding hydrogens is 232 g/mol. The predicted molar refractivity (Wildman–Crippen MR) is 71.2 cm³/mol. The molecule has 0 saturated carbocycles. The van der Waals surface area contributed by atoms with Crippen molar-refractivity contribution in [3.63, 3.8) is 0 Å². The Bertz CT molecular complexity index is 448. The highest BCUT2D eigenvalue weighted by molar-refractivity contribution is 6.33. The average Bonchev–Trinajstić information content (AvgIpc) is 2.28. The number of nitriles is 1. The predicted octanol–water partition coefficient (Wildman–Crippen LogP) is 3.72. The molecule has 1 aliphatic rings. The van der Waals surface area contributed by atoms with Crippen LogP contribution >= 0.6 is 11.6 Å². The molecule has 1 aliphatic heterocycles. The van der Waals surface area contributed by atoms with Crippen molar-refractivity contribution in [1.82, 2.24) is 0 Å². The van der Waals surface area contributed by atoms with Crippen molar-refractivity contribution in [2.24, 2.45) is 11.3 Å². The van der Waals surface area contributed by atoms with Gasteiger partial charge < -0.3 is 4.90 Å². The molecule has 1 aromatic carbocycles. The van der Waals surface area contributed by atoms with Crippen LogP contribution in [0.1, 0.15) is 20.3 Å². The molecule has 2 nitrogen and oxygen atoms in total. The summed E-state index contributed by atoms with van der Waals surface area (Å²) in [5, 5.41) is 9.93. The number of benzene rings is 1. The standard InChI is InChI=1S/C14H17ClN2/c1-14(2)10-17(8-7-11(14)9-16)13-6-4-3-5-12(13)15/h3-6,11H,7-8,10H2,1-2H3. The van der Waals surface area contributed by atoms with Crippen LogP contribution < -0.4 is 4.90 Å². The van der Waals surface area contributed by atoms with Gasteiger partial charge in [0.25, 0.3) is 0 Å². The summed E-state index contributed by atoms with van der Waals surface area (Å²) in [6.45, 7) is 6.11. The van der Waals surface area contributed by atoms with Crippen LogP contribution in [-0.2, 0) is 0 Å². The van der Waals surface area contributed by atoms with Crippen LogP contribution in [0, 0.1) is 22.7 Å². The molecule has 0 amide bonds. The van der Waals surface area contributed by atoms with Gasteiger partial charge in [-0.3, -0.25) is 0 Å². The fourth-order valence-electron chi connectivity index (χ4n) is 2.51. The van der Waals surface area contributed by atoms with Crippen molar-refractivity contribution in [2.45, 2.75) is 20.3 Å². The zero-order valence-corrected chi connectivity index (χ0v) is 11.0. The van der Waals surface area contributed by atoms with Crippen LogP contribution in [0.4, 0.5) is 5.69 Å². The molecule has 1 unspecified atom stereocenters. The molecule has 1 aromatic rings. The number of hydrogen-bond donors (Lipinski definition) is 0. The first kappa shape index (κ1) is 12.3. The molecule has 1 fully saturated rings. The molecule has 0 aliphatic carbocycles. The number of anilines is 1. The number of hydrogen-bond acceptors (Lipinski definition) is 2. The highest BCUT2D eigenvalue weighted by Crippen LogP contribution is 2.38. The molecular formula is C14H17ClN2. The fraction of sp³-hybridized carbons (Fsp3) is 0.500. The van der Waals surface area contributed by atoms with Gasteiger partial charge in [0.2, 0.25) is 0 Å². The average molecular weight is 249 g/mol. The molecule has 1 saturated heterocycles. The van der Waals surface area contributed by atoms with Gasteiger partial charge in [-0.15, -0.1) is 0 Å². The van der Waals surface area contributed by atoms with Gasteiger partial charge >= 0.3 is 0 Å². The van der Waals surface area contributed by atoms with Crippen molar-refractivity contribution >= 4 is 17.3 Å². The summed E-state index contributed by atoms with van der Waals surface area (Å²) in [5.41, 5.74) is 1.10. The van der Waals surface area contributed by atoms with Gasteiger partial charge in [-0.1, -0.05) is 37.6 Å². The number of para-hydroxylation sites is 1. The van der Waals surface area contributed by atoms with Gasteiger partial charge in [-0.05, 0) is 24.0 Å². The van der Waals surface area contributed by atoms with Crippen LogP contribution in [0.3, 0.4) is 0 Å². The van der Waals surface area contributed by atoms with E-state index in [1.807, 2.05) is 24.3 Å². The van der Waals surface area contributed by atoms with Gasteiger partial charge in [0.05, 0.1) is 22.7 Å². The Labute approximate surface area is 108 Å². The van der Waals surface area contributed by atoms with E-state index in [1.54, 1.807) is 0 Å². The van der Waals surface area contributed by atoms with E-state index in [9.17, 15) is 0 Å². The zero-order valence-electron chi connectivity index (χ0n) is 10.3. The van der Waals surface area contributed by atoms with Crippen molar-refractivity contribution < 1.29 is 0 Å². The third-order valence-electron chi connectivity index (χ3n) is 3.58. The van der Waals surface area contributed by atoms with Gasteiger partial charge in [-0.25, -0.2) is 0 Å². The Morgan fingerprint density at radius 1 is 1.41 bits per heavy atom. The van der Waals surface area contributed by atoms with E-state index in [2.05, 4.69) is 24.8 Å². The van der Waals surface area contributed by atoms with E-state index in [4.69, 9.17) is 16.9 Å². The summed E-state index contributed by atoms with van der Waals surface area (Å²) in [6, 6.07) is 10.3. The SMILES string of the molecule is CC1(C)CN(c2ccccc2Cl)CCC1C#N. The lowest BCUT2D eigenvalue weighted by atomic mass is 9.74. The summed E-state index contributed by atoms with van der Waals surface area (Å²) in [4.78, 5) is 2.29. The summed E-state index contributed by atoms with van der Waals surface area (Å²) in [7, 11) is 0. The molecule has 0 bridgehead atoms. The first-order valence-electron chi connectivity index (χ1n) is 5.94.